The Bertz CT molecular complexity index is 492. The van der Waals surface area contributed by atoms with Gasteiger partial charge in [-0.15, -0.1) is 0 Å². The van der Waals surface area contributed by atoms with Crippen molar-refractivity contribution in [2.45, 2.75) is 96.9 Å². The van der Waals surface area contributed by atoms with E-state index in [1.807, 2.05) is 0 Å². The van der Waals surface area contributed by atoms with E-state index in [0.29, 0.717) is 5.92 Å². The van der Waals surface area contributed by atoms with Gasteiger partial charge in [0.15, 0.2) is 0 Å². The number of carbonyl (C=O) groups is 2. The van der Waals surface area contributed by atoms with E-state index in [0.717, 1.165) is 32.0 Å². The van der Waals surface area contributed by atoms with Crippen LogP contribution in [-0.2, 0) is 23.6 Å². The van der Waals surface area contributed by atoms with Crippen LogP contribution >= 0.6 is 0 Å². The van der Waals surface area contributed by atoms with Gasteiger partial charge in [0.05, 0.1) is 17.2 Å². The van der Waals surface area contributed by atoms with E-state index >= 15 is 0 Å². The Morgan fingerprint density at radius 3 is 2.24 bits per heavy atom. The van der Waals surface area contributed by atoms with Crippen LogP contribution < -0.4 is 5.32 Å². The second-order valence-corrected chi connectivity index (χ2v) is 8.40. The van der Waals surface area contributed by atoms with Crippen molar-refractivity contribution >= 4 is 19.0 Å². The van der Waals surface area contributed by atoms with Gasteiger partial charge in [-0.25, -0.2) is 0 Å². The van der Waals surface area contributed by atoms with Gasteiger partial charge in [-0.2, -0.15) is 0 Å². The average molecular weight is 353 g/mol. The van der Waals surface area contributed by atoms with Crippen molar-refractivity contribution in [3.8, 4) is 0 Å². The zero-order valence-electron chi connectivity index (χ0n) is 16.4. The number of ether oxygens (including phenoxy) is 1. The molecule has 1 saturated carbocycles. The molecule has 1 N–H and O–H groups in total. The lowest BCUT2D eigenvalue weighted by molar-refractivity contribution is -0.150. The van der Waals surface area contributed by atoms with Crippen LogP contribution in [0.4, 0.5) is 0 Å². The number of rotatable bonds is 5. The van der Waals surface area contributed by atoms with Gasteiger partial charge < -0.3 is 19.4 Å². The van der Waals surface area contributed by atoms with Crippen molar-refractivity contribution in [2.24, 2.45) is 5.92 Å². The Kier molecular flexibility index (Phi) is 6.20. The summed E-state index contributed by atoms with van der Waals surface area (Å²) in [5.74, 6) is 0.0764. The van der Waals surface area contributed by atoms with Gasteiger partial charge >= 0.3 is 13.1 Å². The van der Waals surface area contributed by atoms with E-state index in [4.69, 9.17) is 14.0 Å². The predicted molar refractivity (Wildman–Crippen MR) is 96.0 cm³/mol. The summed E-state index contributed by atoms with van der Waals surface area (Å²) in [5.41, 5.74) is -0.604. The molecular formula is C18H32BNO5. The number of nitrogens with one attached hydrogen (secondary N) is 1. The summed E-state index contributed by atoms with van der Waals surface area (Å²) in [5, 5.41) is 2.94. The number of carbonyl (C=O) groups excluding carboxylic acids is 2. The molecule has 0 bridgehead atoms. The zero-order chi connectivity index (χ0) is 18.8. The first-order valence-corrected chi connectivity index (χ1v) is 9.30. The monoisotopic (exact) mass is 353 g/mol. The highest BCUT2D eigenvalue weighted by Crippen LogP contribution is 2.39. The maximum Gasteiger partial charge on any atom is 0.457 e. The summed E-state index contributed by atoms with van der Waals surface area (Å²) in [4.78, 5) is 22.7. The van der Waals surface area contributed by atoms with Crippen LogP contribution in [0.2, 0.25) is 6.32 Å². The van der Waals surface area contributed by atoms with Crippen LogP contribution in [0.5, 0.6) is 0 Å². The second-order valence-electron chi connectivity index (χ2n) is 8.40. The van der Waals surface area contributed by atoms with Gasteiger partial charge in [0.1, 0.15) is 6.10 Å². The topological polar surface area (TPSA) is 73.9 Å². The van der Waals surface area contributed by atoms with Crippen LogP contribution in [0.25, 0.3) is 0 Å². The lowest BCUT2D eigenvalue weighted by Gasteiger charge is -2.36. The quantitative estimate of drug-likeness (QED) is 0.608. The number of hydrogen-bond acceptors (Lipinski definition) is 5. The summed E-state index contributed by atoms with van der Waals surface area (Å²) in [6.07, 6.45) is 4.15. The standard InChI is InChI=1S/C18H32BNO5/c1-12(21)20-15-11-14(7-8-16(15)23-13(2)22)9-10-19-24-17(3,4)18(5,6)25-19/h14-16H,7-11H2,1-6H3,(H,20,21)/t14-,15-,16-/m0/s1. The molecule has 0 aromatic heterocycles. The molecule has 6 nitrogen and oxygen atoms in total. The Labute approximate surface area is 151 Å². The molecule has 2 aliphatic rings. The highest BCUT2D eigenvalue weighted by atomic mass is 16.7. The van der Waals surface area contributed by atoms with E-state index in [1.54, 1.807) is 0 Å². The Morgan fingerprint density at radius 1 is 1.12 bits per heavy atom. The molecule has 0 unspecified atom stereocenters. The highest BCUT2D eigenvalue weighted by molar-refractivity contribution is 6.45. The van der Waals surface area contributed by atoms with Crippen LogP contribution in [0, 0.1) is 5.92 Å². The molecule has 1 heterocycles. The van der Waals surface area contributed by atoms with Gasteiger partial charge in [-0.3, -0.25) is 9.59 Å². The van der Waals surface area contributed by atoms with Crippen molar-refractivity contribution < 1.29 is 23.6 Å². The lowest BCUT2D eigenvalue weighted by Crippen LogP contribution is -2.48. The molecule has 1 aliphatic carbocycles. The van der Waals surface area contributed by atoms with Crippen molar-refractivity contribution in [1.29, 1.82) is 0 Å². The SMILES string of the molecule is CC(=O)N[C@H]1C[C@H](CCB2OC(C)(C)C(C)(C)O2)CC[C@@H]1OC(C)=O. The molecule has 2 fully saturated rings. The summed E-state index contributed by atoms with van der Waals surface area (Å²) in [6, 6.07) is -0.113. The van der Waals surface area contributed by atoms with Crippen LogP contribution in [0.1, 0.15) is 67.2 Å². The van der Waals surface area contributed by atoms with Crippen molar-refractivity contribution in [3.05, 3.63) is 0 Å². The first-order chi connectivity index (χ1) is 11.5. The Balaban J connectivity index is 1.87. The predicted octanol–water partition coefficient (Wildman–Crippen LogP) is 2.71. The highest BCUT2D eigenvalue weighted by Gasteiger charge is 2.50. The van der Waals surface area contributed by atoms with Crippen LogP contribution in [-0.4, -0.2) is 42.3 Å². The number of esters is 1. The lowest BCUT2D eigenvalue weighted by atomic mass is 9.74. The van der Waals surface area contributed by atoms with Gasteiger partial charge in [0.2, 0.25) is 5.91 Å². The third-order valence-electron chi connectivity index (χ3n) is 5.71. The molecule has 1 aliphatic heterocycles. The van der Waals surface area contributed by atoms with Gasteiger partial charge in [-0.1, -0.05) is 6.42 Å². The molecule has 0 spiro atoms. The van der Waals surface area contributed by atoms with E-state index in [9.17, 15) is 9.59 Å². The molecule has 1 amide bonds. The maximum absolute atomic E-state index is 11.5. The third kappa shape index (κ3) is 5.20. The third-order valence-corrected chi connectivity index (χ3v) is 5.71. The molecule has 3 atom stereocenters. The van der Waals surface area contributed by atoms with Crippen molar-refractivity contribution in [1.82, 2.24) is 5.32 Å². The summed E-state index contributed by atoms with van der Waals surface area (Å²) in [7, 11) is -0.185. The normalized spacial score (nSPS) is 30.8. The average Bonchev–Trinajstić information content (AvgIpc) is 2.66. The first kappa shape index (κ1) is 20.2. The van der Waals surface area contributed by atoms with E-state index in [2.05, 4.69) is 33.0 Å². The molecule has 142 valence electrons. The van der Waals surface area contributed by atoms with Crippen LogP contribution in [0.3, 0.4) is 0 Å². The molecule has 0 aromatic carbocycles. The molecule has 7 heteroatoms. The largest absolute Gasteiger partial charge is 0.460 e. The first-order valence-electron chi connectivity index (χ1n) is 9.30. The molecule has 0 radical (unpaired) electrons. The molecule has 0 aromatic rings. The van der Waals surface area contributed by atoms with Gasteiger partial charge in [-0.05, 0) is 59.2 Å². The minimum Gasteiger partial charge on any atom is -0.460 e. The smallest absolute Gasteiger partial charge is 0.457 e. The van der Waals surface area contributed by atoms with E-state index in [-0.39, 0.29) is 42.3 Å². The van der Waals surface area contributed by atoms with E-state index in [1.165, 1.54) is 13.8 Å². The minimum absolute atomic E-state index is 0.0891. The molecule has 2 rings (SSSR count). The fourth-order valence-corrected chi connectivity index (χ4v) is 3.71. The maximum atomic E-state index is 11.5. The number of amides is 1. The fraction of sp³-hybridized carbons (Fsp3) is 0.889. The van der Waals surface area contributed by atoms with E-state index < -0.39 is 0 Å². The van der Waals surface area contributed by atoms with Gasteiger partial charge in [0.25, 0.3) is 0 Å². The van der Waals surface area contributed by atoms with Crippen molar-refractivity contribution in [2.75, 3.05) is 0 Å². The van der Waals surface area contributed by atoms with Gasteiger partial charge in [0, 0.05) is 13.8 Å². The number of hydrogen-bond donors (Lipinski definition) is 1. The summed E-state index contributed by atoms with van der Waals surface area (Å²) >= 11 is 0. The summed E-state index contributed by atoms with van der Waals surface area (Å²) < 4.78 is 17.5. The second kappa shape index (κ2) is 7.66. The van der Waals surface area contributed by atoms with Crippen molar-refractivity contribution in [3.63, 3.8) is 0 Å². The zero-order valence-corrected chi connectivity index (χ0v) is 16.4. The minimum atomic E-state index is -0.302. The Hall–Kier alpha value is -1.08. The van der Waals surface area contributed by atoms with Crippen LogP contribution in [0.15, 0.2) is 0 Å². The fourth-order valence-electron chi connectivity index (χ4n) is 3.71. The molecular weight excluding hydrogens is 321 g/mol. The summed E-state index contributed by atoms with van der Waals surface area (Å²) in [6.45, 7) is 11.1. The Morgan fingerprint density at radius 2 is 1.72 bits per heavy atom. The molecule has 1 saturated heterocycles. The molecule has 25 heavy (non-hydrogen) atoms.